The predicted molar refractivity (Wildman–Crippen MR) is 82.1 cm³/mol. The van der Waals surface area contributed by atoms with Crippen LogP contribution in [0, 0.1) is 0 Å². The second-order valence-electron chi connectivity index (χ2n) is 4.83. The zero-order valence-corrected chi connectivity index (χ0v) is 12.4. The smallest absolute Gasteiger partial charge is 0.354 e. The van der Waals surface area contributed by atoms with Crippen molar-refractivity contribution in [3.8, 4) is 0 Å². The van der Waals surface area contributed by atoms with E-state index in [2.05, 4.69) is 9.97 Å². The minimum atomic E-state index is -0.380. The average Bonchev–Trinajstić information content (AvgIpc) is 3.07. The molecule has 0 unspecified atom stereocenters. The maximum atomic E-state index is 11.7. The standard InChI is InChI=1S/C16H16N2O4/c1-3-21-15(19)13-7-9-5-12-10(6-11(9)17-13)8-14(18-12)16(20)22-4-2/h5-8,17-18H,3-4H2,1-2H3. The summed E-state index contributed by atoms with van der Waals surface area (Å²) in [5.74, 6) is -0.760. The zero-order valence-electron chi connectivity index (χ0n) is 12.4. The molecule has 6 heteroatoms. The molecule has 0 radical (unpaired) electrons. The van der Waals surface area contributed by atoms with E-state index in [-0.39, 0.29) is 11.9 Å². The van der Waals surface area contributed by atoms with Gasteiger partial charge in [0.15, 0.2) is 0 Å². The predicted octanol–water partition coefficient (Wildman–Crippen LogP) is 3.00. The molecule has 0 atom stereocenters. The topological polar surface area (TPSA) is 84.2 Å². The first kappa shape index (κ1) is 14.2. The molecule has 6 nitrogen and oxygen atoms in total. The van der Waals surface area contributed by atoms with Gasteiger partial charge in [-0.15, -0.1) is 0 Å². The van der Waals surface area contributed by atoms with Gasteiger partial charge in [0.1, 0.15) is 11.4 Å². The Morgan fingerprint density at radius 1 is 0.818 bits per heavy atom. The maximum Gasteiger partial charge on any atom is 0.354 e. The zero-order chi connectivity index (χ0) is 15.7. The summed E-state index contributed by atoms with van der Waals surface area (Å²) in [5.41, 5.74) is 2.44. The van der Waals surface area contributed by atoms with Crippen LogP contribution in [0.3, 0.4) is 0 Å². The minimum Gasteiger partial charge on any atom is -0.461 e. The van der Waals surface area contributed by atoms with Crippen LogP contribution in [0.1, 0.15) is 34.8 Å². The van der Waals surface area contributed by atoms with Crippen molar-refractivity contribution in [3.63, 3.8) is 0 Å². The number of aromatic amines is 2. The fraction of sp³-hybridized carbons (Fsp3) is 0.250. The number of ether oxygens (including phenoxy) is 2. The number of H-pyrrole nitrogens is 2. The summed E-state index contributed by atoms with van der Waals surface area (Å²) in [6, 6.07) is 7.23. The molecular weight excluding hydrogens is 284 g/mol. The number of aromatic nitrogens is 2. The number of hydrogen-bond acceptors (Lipinski definition) is 4. The summed E-state index contributed by atoms with van der Waals surface area (Å²) in [6.07, 6.45) is 0. The van der Waals surface area contributed by atoms with Crippen molar-refractivity contribution in [2.24, 2.45) is 0 Å². The molecule has 3 rings (SSSR count). The van der Waals surface area contributed by atoms with Gasteiger partial charge in [-0.1, -0.05) is 0 Å². The summed E-state index contributed by atoms with van der Waals surface area (Å²) in [6.45, 7) is 4.19. The average molecular weight is 300 g/mol. The van der Waals surface area contributed by atoms with E-state index in [0.29, 0.717) is 24.6 Å². The van der Waals surface area contributed by atoms with E-state index in [1.807, 2.05) is 12.1 Å². The number of carbonyl (C=O) groups is 2. The highest BCUT2D eigenvalue weighted by Crippen LogP contribution is 2.24. The molecule has 2 N–H and O–H groups in total. The molecule has 0 aliphatic rings. The molecule has 3 aromatic rings. The molecule has 0 saturated carbocycles. The van der Waals surface area contributed by atoms with E-state index >= 15 is 0 Å². The molecule has 22 heavy (non-hydrogen) atoms. The van der Waals surface area contributed by atoms with Crippen molar-refractivity contribution in [1.82, 2.24) is 9.97 Å². The number of esters is 2. The second kappa shape index (κ2) is 5.55. The van der Waals surface area contributed by atoms with Crippen LogP contribution >= 0.6 is 0 Å². The molecule has 2 aromatic heterocycles. The van der Waals surface area contributed by atoms with Crippen LogP contribution in [0.5, 0.6) is 0 Å². The van der Waals surface area contributed by atoms with E-state index in [1.54, 1.807) is 26.0 Å². The Morgan fingerprint density at radius 3 is 1.59 bits per heavy atom. The number of carbonyl (C=O) groups excluding carboxylic acids is 2. The molecule has 0 aliphatic heterocycles. The number of nitrogens with one attached hydrogen (secondary N) is 2. The Hall–Kier alpha value is -2.76. The van der Waals surface area contributed by atoms with Gasteiger partial charge in [-0.25, -0.2) is 9.59 Å². The summed E-state index contributed by atoms with van der Waals surface area (Å²) >= 11 is 0. The van der Waals surface area contributed by atoms with Gasteiger partial charge in [0, 0.05) is 21.8 Å². The van der Waals surface area contributed by atoms with Gasteiger partial charge in [-0.05, 0) is 38.1 Å². The van der Waals surface area contributed by atoms with E-state index in [4.69, 9.17) is 9.47 Å². The number of hydrogen-bond donors (Lipinski definition) is 2. The SMILES string of the molecule is CCOC(=O)c1cc2cc3[nH]c(C(=O)OCC)cc3cc2[nH]1. The summed E-state index contributed by atoms with van der Waals surface area (Å²) in [7, 11) is 0. The number of fused-ring (bicyclic) bond motifs is 2. The van der Waals surface area contributed by atoms with Gasteiger partial charge >= 0.3 is 11.9 Å². The Morgan fingerprint density at radius 2 is 1.23 bits per heavy atom. The van der Waals surface area contributed by atoms with E-state index in [1.165, 1.54) is 0 Å². The molecule has 0 fully saturated rings. The van der Waals surface area contributed by atoms with E-state index in [9.17, 15) is 9.59 Å². The van der Waals surface area contributed by atoms with Gasteiger partial charge in [0.05, 0.1) is 13.2 Å². The Bertz CT molecular complexity index is 741. The third-order valence-corrected chi connectivity index (χ3v) is 3.35. The summed E-state index contributed by atoms with van der Waals surface area (Å²) < 4.78 is 9.95. The first-order chi connectivity index (χ1) is 10.6. The van der Waals surface area contributed by atoms with Crippen LogP contribution in [0.15, 0.2) is 24.3 Å². The molecule has 0 bridgehead atoms. The minimum absolute atomic E-state index is 0.331. The van der Waals surface area contributed by atoms with Crippen molar-refractivity contribution in [3.05, 3.63) is 35.7 Å². The Balaban J connectivity index is 2.02. The highest BCUT2D eigenvalue weighted by atomic mass is 16.5. The van der Waals surface area contributed by atoms with E-state index < -0.39 is 0 Å². The lowest BCUT2D eigenvalue weighted by molar-refractivity contribution is 0.0511. The van der Waals surface area contributed by atoms with Crippen LogP contribution in [0.2, 0.25) is 0 Å². The van der Waals surface area contributed by atoms with Crippen LogP contribution < -0.4 is 0 Å². The Labute approximate surface area is 126 Å². The fourth-order valence-electron chi connectivity index (χ4n) is 2.40. The molecule has 1 aromatic carbocycles. The lowest BCUT2D eigenvalue weighted by Crippen LogP contribution is -2.04. The van der Waals surface area contributed by atoms with Crippen LogP contribution in [0.25, 0.3) is 21.8 Å². The van der Waals surface area contributed by atoms with Crippen LogP contribution in [-0.2, 0) is 9.47 Å². The third-order valence-electron chi connectivity index (χ3n) is 3.35. The quantitative estimate of drug-likeness (QED) is 0.725. The molecule has 2 heterocycles. The second-order valence-corrected chi connectivity index (χ2v) is 4.83. The highest BCUT2D eigenvalue weighted by Gasteiger charge is 2.14. The lowest BCUT2D eigenvalue weighted by atomic mass is 10.2. The van der Waals surface area contributed by atoms with Gasteiger partial charge in [-0.2, -0.15) is 0 Å². The van der Waals surface area contributed by atoms with Gasteiger partial charge in [0.25, 0.3) is 0 Å². The molecule has 114 valence electrons. The number of benzene rings is 1. The molecule has 0 saturated heterocycles. The molecular formula is C16H16N2O4. The van der Waals surface area contributed by atoms with Gasteiger partial charge in [0.2, 0.25) is 0 Å². The molecule has 0 amide bonds. The molecule has 0 spiro atoms. The van der Waals surface area contributed by atoms with Crippen molar-refractivity contribution >= 4 is 33.7 Å². The van der Waals surface area contributed by atoms with Crippen molar-refractivity contribution in [1.29, 1.82) is 0 Å². The van der Waals surface area contributed by atoms with E-state index in [0.717, 1.165) is 21.8 Å². The largest absolute Gasteiger partial charge is 0.461 e. The lowest BCUT2D eigenvalue weighted by Gasteiger charge is -1.96. The first-order valence-corrected chi connectivity index (χ1v) is 7.12. The Kier molecular flexibility index (Phi) is 3.58. The summed E-state index contributed by atoms with van der Waals surface area (Å²) in [4.78, 5) is 29.5. The first-order valence-electron chi connectivity index (χ1n) is 7.12. The third kappa shape index (κ3) is 2.43. The summed E-state index contributed by atoms with van der Waals surface area (Å²) in [5, 5.41) is 1.74. The van der Waals surface area contributed by atoms with Gasteiger partial charge < -0.3 is 19.4 Å². The molecule has 0 aliphatic carbocycles. The van der Waals surface area contributed by atoms with Crippen LogP contribution in [-0.4, -0.2) is 35.1 Å². The normalized spacial score (nSPS) is 11.0. The highest BCUT2D eigenvalue weighted by molar-refractivity contribution is 6.03. The van der Waals surface area contributed by atoms with Gasteiger partial charge in [-0.3, -0.25) is 0 Å². The monoisotopic (exact) mass is 300 g/mol. The van der Waals surface area contributed by atoms with Crippen molar-refractivity contribution < 1.29 is 19.1 Å². The van der Waals surface area contributed by atoms with Crippen molar-refractivity contribution in [2.45, 2.75) is 13.8 Å². The fourth-order valence-corrected chi connectivity index (χ4v) is 2.40. The van der Waals surface area contributed by atoms with Crippen molar-refractivity contribution in [2.75, 3.05) is 13.2 Å². The number of rotatable bonds is 4. The van der Waals surface area contributed by atoms with Crippen LogP contribution in [0.4, 0.5) is 0 Å². The maximum absolute atomic E-state index is 11.7.